The number of hydrogen-bond donors (Lipinski definition) is 3. The van der Waals surface area contributed by atoms with E-state index in [0.717, 1.165) is 10.6 Å². The topological polar surface area (TPSA) is 133 Å². The largest absolute Gasteiger partial charge is 0.479 e. The third-order valence-corrected chi connectivity index (χ3v) is 2.29. The van der Waals surface area contributed by atoms with Crippen LogP contribution in [-0.2, 0) is 9.53 Å². The SMILES string of the molecule is [2H]C1=C[C@]([2H])(N)[C@@H](C(=O)O)O[C@H]1n1ccc(N)nc1=O. The average Bonchev–Trinajstić information content (AvgIpc) is 2.29. The van der Waals surface area contributed by atoms with Crippen molar-refractivity contribution in [1.29, 1.82) is 0 Å². The van der Waals surface area contributed by atoms with Gasteiger partial charge >= 0.3 is 11.7 Å². The average molecular weight is 254 g/mol. The fraction of sp³-hybridized carbons (Fsp3) is 0.300. The predicted octanol–water partition coefficient (Wildman–Crippen LogP) is -1.31. The zero-order chi connectivity index (χ0) is 15.1. The minimum absolute atomic E-state index is 0.0129. The molecule has 18 heavy (non-hydrogen) atoms. The third-order valence-electron chi connectivity index (χ3n) is 2.29. The van der Waals surface area contributed by atoms with Crippen molar-refractivity contribution in [3.63, 3.8) is 0 Å². The van der Waals surface area contributed by atoms with Crippen LogP contribution in [0.15, 0.2) is 29.2 Å². The number of hydrogen-bond acceptors (Lipinski definition) is 6. The Balaban J connectivity index is 2.48. The summed E-state index contributed by atoms with van der Waals surface area (Å²) in [7, 11) is 0. The molecule has 0 amide bonds. The second-order valence-electron chi connectivity index (χ2n) is 3.56. The monoisotopic (exact) mass is 254 g/mol. The standard InChI is InChI=1S/C10H12N4O4/c11-5-1-2-7(18-8(5)9(15)16)14-4-3-6(12)13-10(14)17/h1-5,7-8H,11H2,(H,15,16)(H2,12,13,17)/t5-,7+,8-/m0/s1/i2D,5D. The smallest absolute Gasteiger partial charge is 0.351 e. The predicted molar refractivity (Wildman–Crippen MR) is 61.6 cm³/mol. The number of rotatable bonds is 2. The zero-order valence-electron chi connectivity index (χ0n) is 11.1. The molecule has 8 heteroatoms. The van der Waals surface area contributed by atoms with Crippen molar-refractivity contribution in [2.24, 2.45) is 5.73 Å². The highest BCUT2D eigenvalue weighted by atomic mass is 16.5. The minimum atomic E-state index is -2.09. The van der Waals surface area contributed by atoms with Gasteiger partial charge in [0, 0.05) is 6.20 Å². The Morgan fingerprint density at radius 1 is 1.72 bits per heavy atom. The normalized spacial score (nSPS) is 33.3. The van der Waals surface area contributed by atoms with Gasteiger partial charge in [-0.2, -0.15) is 4.98 Å². The molecule has 1 aromatic heterocycles. The van der Waals surface area contributed by atoms with Crippen LogP contribution < -0.4 is 17.2 Å². The lowest BCUT2D eigenvalue weighted by molar-refractivity contribution is -0.157. The van der Waals surface area contributed by atoms with E-state index in [4.69, 9.17) is 24.1 Å². The van der Waals surface area contributed by atoms with Gasteiger partial charge in [-0.05, 0) is 12.1 Å². The molecule has 1 aromatic rings. The maximum atomic E-state index is 11.7. The van der Waals surface area contributed by atoms with Crippen LogP contribution in [0.1, 0.15) is 8.97 Å². The van der Waals surface area contributed by atoms with E-state index >= 15 is 0 Å². The highest BCUT2D eigenvalue weighted by molar-refractivity contribution is 5.74. The lowest BCUT2D eigenvalue weighted by Gasteiger charge is -2.28. The first-order chi connectivity index (χ1) is 9.22. The highest BCUT2D eigenvalue weighted by Crippen LogP contribution is 2.19. The van der Waals surface area contributed by atoms with E-state index in [1.165, 1.54) is 12.3 Å². The molecule has 2 rings (SSSR count). The first-order valence-corrected chi connectivity index (χ1v) is 4.93. The lowest BCUT2D eigenvalue weighted by atomic mass is 10.1. The van der Waals surface area contributed by atoms with E-state index in [-0.39, 0.29) is 11.9 Å². The van der Waals surface area contributed by atoms with Gasteiger partial charge in [-0.1, -0.05) is 6.08 Å². The van der Waals surface area contributed by atoms with Crippen molar-refractivity contribution in [3.05, 3.63) is 34.9 Å². The molecule has 0 aromatic carbocycles. The maximum absolute atomic E-state index is 11.7. The van der Waals surface area contributed by atoms with Gasteiger partial charge in [0.2, 0.25) is 0 Å². The van der Waals surface area contributed by atoms with Crippen LogP contribution in [0.4, 0.5) is 5.82 Å². The van der Waals surface area contributed by atoms with E-state index in [1.54, 1.807) is 0 Å². The van der Waals surface area contributed by atoms with Gasteiger partial charge in [-0.3, -0.25) is 4.57 Å². The van der Waals surface area contributed by atoms with Crippen LogP contribution in [0.3, 0.4) is 0 Å². The molecule has 5 N–H and O–H groups in total. The van der Waals surface area contributed by atoms with E-state index in [2.05, 4.69) is 4.98 Å². The summed E-state index contributed by atoms with van der Waals surface area (Å²) < 4.78 is 21.4. The van der Waals surface area contributed by atoms with E-state index in [0.29, 0.717) is 0 Å². The molecule has 0 radical (unpaired) electrons. The molecule has 0 aliphatic carbocycles. The molecular weight excluding hydrogens is 240 g/mol. The lowest BCUT2D eigenvalue weighted by Crippen LogP contribution is -2.46. The Kier molecular flexibility index (Phi) is 2.50. The number of carbonyl (C=O) groups is 1. The molecule has 3 atom stereocenters. The van der Waals surface area contributed by atoms with Gasteiger partial charge in [0.1, 0.15) is 5.82 Å². The maximum Gasteiger partial charge on any atom is 0.351 e. The van der Waals surface area contributed by atoms with Gasteiger partial charge in [0.05, 0.1) is 8.76 Å². The quantitative estimate of drug-likeness (QED) is 0.558. The molecule has 0 bridgehead atoms. The van der Waals surface area contributed by atoms with Gasteiger partial charge in [0.25, 0.3) is 0 Å². The Hall–Kier alpha value is -2.19. The van der Waals surface area contributed by atoms with Crippen molar-refractivity contribution in [2.45, 2.75) is 18.3 Å². The van der Waals surface area contributed by atoms with Crippen LogP contribution in [0.5, 0.6) is 0 Å². The number of ether oxygens (including phenoxy) is 1. The van der Waals surface area contributed by atoms with Crippen LogP contribution >= 0.6 is 0 Å². The van der Waals surface area contributed by atoms with Crippen molar-refractivity contribution >= 4 is 11.8 Å². The highest BCUT2D eigenvalue weighted by Gasteiger charge is 2.31. The zero-order valence-corrected chi connectivity index (χ0v) is 9.11. The molecule has 0 fully saturated rings. The molecule has 8 nitrogen and oxygen atoms in total. The van der Waals surface area contributed by atoms with Gasteiger partial charge in [-0.25, -0.2) is 9.59 Å². The van der Waals surface area contributed by atoms with Crippen LogP contribution in [0.2, 0.25) is 0 Å². The summed E-state index contributed by atoms with van der Waals surface area (Å²) in [5, 5.41) is 9.00. The molecule has 0 unspecified atom stereocenters. The third kappa shape index (κ3) is 2.24. The van der Waals surface area contributed by atoms with E-state index in [9.17, 15) is 9.59 Å². The number of nitrogens with two attached hydrogens (primary N) is 2. The molecule has 0 saturated carbocycles. The summed E-state index contributed by atoms with van der Waals surface area (Å²) in [5.74, 6) is -1.48. The summed E-state index contributed by atoms with van der Waals surface area (Å²) in [6.45, 7) is 0. The summed E-state index contributed by atoms with van der Waals surface area (Å²) in [4.78, 5) is 26.2. The fourth-order valence-electron chi connectivity index (χ4n) is 1.44. The Bertz CT molecular complexity index is 642. The summed E-state index contributed by atoms with van der Waals surface area (Å²) in [5.41, 5.74) is 10.00. The van der Waals surface area contributed by atoms with Crippen molar-refractivity contribution in [2.75, 3.05) is 5.73 Å². The molecule has 2 heterocycles. The Labute approximate surface area is 104 Å². The van der Waals surface area contributed by atoms with Crippen LogP contribution in [-0.4, -0.2) is 32.7 Å². The number of nitrogens with zero attached hydrogens (tertiary/aromatic N) is 2. The van der Waals surface area contributed by atoms with E-state index < -0.39 is 30.0 Å². The molecular formula is C10H12N4O4. The first kappa shape index (κ1) is 9.80. The number of carboxylic acids is 1. The summed E-state index contributed by atoms with van der Waals surface area (Å²) in [6, 6.07) is -1.10. The number of aromatic nitrogens is 2. The number of anilines is 1. The van der Waals surface area contributed by atoms with Crippen molar-refractivity contribution < 1.29 is 17.4 Å². The number of nitrogen functional groups attached to an aromatic ring is 1. The number of carboxylic acid groups (broad SMARTS) is 1. The van der Waals surface area contributed by atoms with Crippen molar-refractivity contribution in [3.8, 4) is 0 Å². The van der Waals surface area contributed by atoms with Gasteiger partial charge in [0.15, 0.2) is 12.3 Å². The molecule has 1 aliphatic rings. The van der Waals surface area contributed by atoms with Gasteiger partial charge < -0.3 is 21.3 Å². The second-order valence-corrected chi connectivity index (χ2v) is 3.56. The molecule has 1 aliphatic heterocycles. The van der Waals surface area contributed by atoms with E-state index in [1.807, 2.05) is 0 Å². The number of aliphatic carboxylic acids is 1. The van der Waals surface area contributed by atoms with Crippen LogP contribution in [0, 0.1) is 0 Å². The fourth-order valence-corrected chi connectivity index (χ4v) is 1.44. The molecule has 0 saturated heterocycles. The van der Waals surface area contributed by atoms with Crippen molar-refractivity contribution in [1.82, 2.24) is 9.55 Å². The van der Waals surface area contributed by atoms with Crippen LogP contribution in [0.25, 0.3) is 0 Å². The summed E-state index contributed by atoms with van der Waals surface area (Å²) >= 11 is 0. The Morgan fingerprint density at radius 3 is 3.06 bits per heavy atom. The molecule has 96 valence electrons. The van der Waals surface area contributed by atoms with Gasteiger partial charge in [-0.15, -0.1) is 0 Å². The minimum Gasteiger partial charge on any atom is -0.479 e. The Morgan fingerprint density at radius 2 is 2.44 bits per heavy atom. The first-order valence-electron chi connectivity index (χ1n) is 5.93. The second kappa shape index (κ2) is 4.59. The molecule has 0 spiro atoms. The summed E-state index contributed by atoms with van der Waals surface area (Å²) in [6.07, 6.45) is -0.892.